The van der Waals surface area contributed by atoms with Crippen molar-refractivity contribution in [1.82, 2.24) is 19.9 Å². The smallest absolute Gasteiger partial charge is 0.409 e. The lowest BCUT2D eigenvalue weighted by atomic mass is 10.2. The van der Waals surface area contributed by atoms with Crippen LogP contribution in [-0.4, -0.2) is 32.9 Å². The van der Waals surface area contributed by atoms with Gasteiger partial charge in [-0.3, -0.25) is 0 Å². The van der Waals surface area contributed by atoms with Crippen molar-refractivity contribution in [2.45, 2.75) is 45.1 Å². The lowest BCUT2D eigenvalue weighted by Gasteiger charge is -2.19. The molecule has 0 saturated heterocycles. The summed E-state index contributed by atoms with van der Waals surface area (Å²) in [5.74, 6) is 1.10. The minimum atomic E-state index is -0.524. The van der Waals surface area contributed by atoms with Crippen molar-refractivity contribution in [3.05, 3.63) is 16.9 Å². The fourth-order valence-electron chi connectivity index (χ4n) is 2.49. The number of fused-ring (bicyclic) bond motifs is 1. The average molecular weight is 352 g/mol. The third-order valence-electron chi connectivity index (χ3n) is 3.71. The summed E-state index contributed by atoms with van der Waals surface area (Å²) >= 11 is 6.14. The van der Waals surface area contributed by atoms with Gasteiger partial charge in [0.1, 0.15) is 16.3 Å². The zero-order chi connectivity index (χ0) is 17.5. The highest BCUT2D eigenvalue weighted by molar-refractivity contribution is 6.30. The zero-order valence-corrected chi connectivity index (χ0v) is 15.1. The van der Waals surface area contributed by atoms with Crippen LogP contribution in [0, 0.1) is 0 Å². The molecule has 2 heterocycles. The maximum atomic E-state index is 11.7. The van der Waals surface area contributed by atoms with Crippen LogP contribution in [0.3, 0.4) is 0 Å². The number of ether oxygens (including phenoxy) is 1. The molecule has 3 rings (SSSR count). The first-order valence-corrected chi connectivity index (χ1v) is 8.36. The van der Waals surface area contributed by atoms with Gasteiger partial charge in [0.15, 0.2) is 0 Å². The Morgan fingerprint density at radius 3 is 2.75 bits per heavy atom. The summed E-state index contributed by atoms with van der Waals surface area (Å²) in [5, 5.41) is 6.22. The second-order valence-electron chi connectivity index (χ2n) is 7.00. The number of halogens is 1. The van der Waals surface area contributed by atoms with Crippen LogP contribution in [0.25, 0.3) is 11.0 Å². The molecule has 0 spiro atoms. The quantitative estimate of drug-likeness (QED) is 0.651. The summed E-state index contributed by atoms with van der Waals surface area (Å²) in [6, 6.07) is 1.81. The molecule has 0 atom stereocenters. The van der Waals surface area contributed by atoms with Crippen LogP contribution in [0.2, 0.25) is 5.15 Å². The van der Waals surface area contributed by atoms with Crippen molar-refractivity contribution < 1.29 is 9.53 Å². The van der Waals surface area contributed by atoms with Gasteiger partial charge in [0.05, 0.1) is 17.9 Å². The first kappa shape index (κ1) is 16.8. The molecular weight excluding hydrogens is 330 g/mol. The van der Waals surface area contributed by atoms with E-state index in [0.29, 0.717) is 17.0 Å². The van der Waals surface area contributed by atoms with Gasteiger partial charge in [-0.05, 0) is 33.6 Å². The van der Waals surface area contributed by atoms with Crippen LogP contribution >= 0.6 is 11.6 Å². The van der Waals surface area contributed by atoms with Gasteiger partial charge in [0, 0.05) is 19.0 Å². The second-order valence-corrected chi connectivity index (χ2v) is 7.39. The van der Waals surface area contributed by atoms with E-state index in [-0.39, 0.29) is 6.67 Å². The van der Waals surface area contributed by atoms with E-state index in [1.165, 1.54) is 0 Å². The van der Waals surface area contributed by atoms with E-state index in [1.54, 1.807) is 0 Å². The van der Waals surface area contributed by atoms with Gasteiger partial charge in [0.25, 0.3) is 0 Å². The number of anilines is 1. The molecule has 1 fully saturated rings. The molecule has 1 saturated carbocycles. The minimum absolute atomic E-state index is 0.214. The van der Waals surface area contributed by atoms with Gasteiger partial charge in [-0.2, -0.15) is 0 Å². The number of pyridine rings is 1. The lowest BCUT2D eigenvalue weighted by molar-refractivity contribution is 0.0532. The summed E-state index contributed by atoms with van der Waals surface area (Å²) in [6.45, 7) is 5.68. The average Bonchev–Trinajstić information content (AvgIpc) is 3.24. The highest BCUT2D eigenvalue weighted by Crippen LogP contribution is 2.42. The fraction of sp³-hybridized carbons (Fsp3) is 0.562. The predicted molar refractivity (Wildman–Crippen MR) is 93.4 cm³/mol. The van der Waals surface area contributed by atoms with Crippen LogP contribution in [0.1, 0.15) is 45.2 Å². The summed E-state index contributed by atoms with van der Waals surface area (Å²) in [5.41, 5.74) is 2.23. The number of amides is 1. The summed E-state index contributed by atoms with van der Waals surface area (Å²) in [4.78, 5) is 20.7. The Hall–Kier alpha value is -2.02. The van der Waals surface area contributed by atoms with Gasteiger partial charge < -0.3 is 19.9 Å². The summed E-state index contributed by atoms with van der Waals surface area (Å²) in [6.07, 6.45) is 1.78. The molecule has 7 nitrogen and oxygen atoms in total. The van der Waals surface area contributed by atoms with E-state index < -0.39 is 11.7 Å². The molecule has 130 valence electrons. The molecule has 1 amide bonds. The van der Waals surface area contributed by atoms with E-state index in [9.17, 15) is 4.79 Å². The molecule has 8 heteroatoms. The Bertz CT molecular complexity index is 777. The molecule has 0 aliphatic heterocycles. The Balaban J connectivity index is 1.72. The second kappa shape index (κ2) is 6.12. The van der Waals surface area contributed by atoms with Crippen LogP contribution < -0.4 is 10.6 Å². The van der Waals surface area contributed by atoms with Gasteiger partial charge >= 0.3 is 6.09 Å². The number of aromatic nitrogens is 3. The van der Waals surface area contributed by atoms with E-state index >= 15 is 0 Å². The molecule has 0 radical (unpaired) electrons. The molecule has 0 aromatic carbocycles. The largest absolute Gasteiger partial charge is 0.444 e. The van der Waals surface area contributed by atoms with Gasteiger partial charge in [-0.25, -0.2) is 14.8 Å². The molecular formula is C16H22ClN5O2. The number of nitrogens with one attached hydrogen (secondary N) is 2. The van der Waals surface area contributed by atoms with E-state index in [2.05, 4.69) is 20.6 Å². The number of rotatable bonds is 4. The van der Waals surface area contributed by atoms with Gasteiger partial charge in [-0.1, -0.05) is 11.6 Å². The molecule has 0 unspecified atom stereocenters. The molecule has 2 N–H and O–H groups in total. The topological polar surface area (TPSA) is 81.1 Å². The Morgan fingerprint density at radius 1 is 1.42 bits per heavy atom. The first-order valence-electron chi connectivity index (χ1n) is 7.98. The fourth-order valence-corrected chi connectivity index (χ4v) is 2.68. The molecule has 0 bridgehead atoms. The number of nitrogens with zero attached hydrogens (tertiary/aromatic N) is 3. The van der Waals surface area contributed by atoms with Crippen LogP contribution in [0.5, 0.6) is 0 Å². The van der Waals surface area contributed by atoms with Crippen LogP contribution in [0.15, 0.2) is 6.07 Å². The van der Waals surface area contributed by atoms with Crippen LogP contribution in [-0.2, 0) is 11.8 Å². The van der Waals surface area contributed by atoms with E-state index in [0.717, 1.165) is 29.6 Å². The number of carbonyl (C=O) groups excluding carboxylic acids is 1. The highest BCUT2D eigenvalue weighted by Gasteiger charge is 2.29. The van der Waals surface area contributed by atoms with Crippen LogP contribution in [0.4, 0.5) is 10.7 Å². The molecule has 2 aromatic heterocycles. The lowest BCUT2D eigenvalue weighted by Crippen LogP contribution is -2.35. The van der Waals surface area contributed by atoms with E-state index in [4.69, 9.17) is 16.3 Å². The summed E-state index contributed by atoms with van der Waals surface area (Å²) in [7, 11) is 1.90. The zero-order valence-electron chi connectivity index (χ0n) is 14.3. The van der Waals surface area contributed by atoms with Gasteiger partial charge in [-0.15, -0.1) is 0 Å². The number of aryl methyl sites for hydroxylation is 1. The maximum absolute atomic E-state index is 11.7. The Morgan fingerprint density at radius 2 is 2.12 bits per heavy atom. The number of hydrogen-bond acceptors (Lipinski definition) is 5. The van der Waals surface area contributed by atoms with Crippen molar-refractivity contribution >= 4 is 34.7 Å². The first-order chi connectivity index (χ1) is 11.2. The standard InChI is InChI=1S/C16H22ClN5O2/c1-16(2,3)24-15(23)19-8-18-14-21-13-10(22(14)4)7-11(17)20-12(13)9-5-6-9/h7,9H,5-6,8H2,1-4H3,(H,18,21)(H,19,23). The number of imidazole rings is 1. The number of alkyl carbamates (subject to hydrolysis) is 1. The molecule has 1 aliphatic carbocycles. The minimum Gasteiger partial charge on any atom is -0.444 e. The predicted octanol–water partition coefficient (Wildman–Crippen LogP) is 3.39. The molecule has 1 aliphatic rings. The van der Waals surface area contributed by atoms with E-state index in [1.807, 2.05) is 38.5 Å². The monoisotopic (exact) mass is 351 g/mol. The normalized spacial score (nSPS) is 14.7. The highest BCUT2D eigenvalue weighted by atomic mass is 35.5. The van der Waals surface area contributed by atoms with Gasteiger partial charge in [0.2, 0.25) is 5.95 Å². The number of carbonyl (C=O) groups is 1. The van der Waals surface area contributed by atoms with Crippen molar-refractivity contribution in [3.63, 3.8) is 0 Å². The van der Waals surface area contributed by atoms with Crippen molar-refractivity contribution in [1.29, 1.82) is 0 Å². The molecule has 24 heavy (non-hydrogen) atoms. The third kappa shape index (κ3) is 3.72. The SMILES string of the molecule is Cn1c(NCNC(=O)OC(C)(C)C)nc2c(C3CC3)nc(Cl)cc21. The van der Waals surface area contributed by atoms with Crippen molar-refractivity contribution in [3.8, 4) is 0 Å². The van der Waals surface area contributed by atoms with Crippen molar-refractivity contribution in [2.24, 2.45) is 7.05 Å². The Labute approximate surface area is 145 Å². The number of hydrogen-bond donors (Lipinski definition) is 2. The third-order valence-corrected chi connectivity index (χ3v) is 3.90. The summed E-state index contributed by atoms with van der Waals surface area (Å²) < 4.78 is 7.10. The maximum Gasteiger partial charge on any atom is 0.409 e. The Kier molecular flexibility index (Phi) is 4.29. The molecule has 2 aromatic rings. The van der Waals surface area contributed by atoms with Crippen molar-refractivity contribution in [2.75, 3.05) is 12.0 Å².